The number of aliphatic hydroxyl groups is 1. The van der Waals surface area contributed by atoms with E-state index in [9.17, 15) is 4.79 Å². The summed E-state index contributed by atoms with van der Waals surface area (Å²) in [5.41, 5.74) is 1.67. The number of ether oxygens (including phenoxy) is 1. The normalized spacial score (nSPS) is 9.86. The minimum absolute atomic E-state index is 0.193. The first kappa shape index (κ1) is 10.7. The molecule has 0 saturated carbocycles. The average molecular weight is 194 g/mol. The third-order valence-corrected chi connectivity index (χ3v) is 2.00. The van der Waals surface area contributed by atoms with Gasteiger partial charge >= 0.3 is 5.97 Å². The van der Waals surface area contributed by atoms with E-state index in [0.717, 1.165) is 18.4 Å². The van der Waals surface area contributed by atoms with Crippen LogP contribution in [0.2, 0.25) is 0 Å². The molecule has 14 heavy (non-hydrogen) atoms. The predicted octanol–water partition coefficient (Wildman–Crippen LogP) is 1.40. The minimum Gasteiger partial charge on any atom is -0.465 e. The molecule has 3 nitrogen and oxygen atoms in total. The Bertz CT molecular complexity index is 290. The molecule has 0 radical (unpaired) electrons. The molecule has 0 heterocycles. The highest BCUT2D eigenvalue weighted by Crippen LogP contribution is 2.07. The van der Waals surface area contributed by atoms with Crippen LogP contribution in [0.4, 0.5) is 0 Å². The molecule has 1 rings (SSSR count). The number of aliphatic hydroxyl groups excluding tert-OH is 1. The molecule has 3 heteroatoms. The van der Waals surface area contributed by atoms with Crippen molar-refractivity contribution in [1.29, 1.82) is 0 Å². The van der Waals surface area contributed by atoms with Gasteiger partial charge in [0.2, 0.25) is 0 Å². The first-order chi connectivity index (χ1) is 6.77. The second kappa shape index (κ2) is 5.40. The summed E-state index contributed by atoms with van der Waals surface area (Å²) in [6.07, 6.45) is 1.58. The molecular formula is C11H14O3. The quantitative estimate of drug-likeness (QED) is 0.737. The van der Waals surface area contributed by atoms with Crippen molar-refractivity contribution < 1.29 is 14.6 Å². The molecule has 0 saturated heterocycles. The highest BCUT2D eigenvalue weighted by atomic mass is 16.5. The third kappa shape index (κ3) is 2.85. The van der Waals surface area contributed by atoms with Gasteiger partial charge in [0.15, 0.2) is 0 Å². The summed E-state index contributed by atoms with van der Waals surface area (Å²) in [6, 6.07) is 7.22. The van der Waals surface area contributed by atoms with Crippen molar-refractivity contribution in [3.8, 4) is 0 Å². The lowest BCUT2D eigenvalue weighted by atomic mass is 10.1. The molecule has 0 unspecified atom stereocenters. The number of carbonyl (C=O) groups excluding carboxylic acids is 1. The minimum atomic E-state index is -0.321. The Morgan fingerprint density at radius 1 is 1.36 bits per heavy atom. The standard InChI is InChI=1S/C11H14O3/c1-14-11(13)10-6-4-9(5-7-10)3-2-8-12/h4-7,12H,2-3,8H2,1H3. The van der Waals surface area contributed by atoms with Crippen LogP contribution in [0.5, 0.6) is 0 Å². The lowest BCUT2D eigenvalue weighted by molar-refractivity contribution is 0.0600. The van der Waals surface area contributed by atoms with Crippen LogP contribution >= 0.6 is 0 Å². The Balaban J connectivity index is 2.63. The summed E-state index contributed by atoms with van der Waals surface area (Å²) in [5, 5.41) is 8.63. The van der Waals surface area contributed by atoms with E-state index in [1.807, 2.05) is 12.1 Å². The Hall–Kier alpha value is -1.35. The van der Waals surface area contributed by atoms with Crippen LogP contribution in [0.1, 0.15) is 22.3 Å². The van der Waals surface area contributed by atoms with Gasteiger partial charge in [-0.25, -0.2) is 4.79 Å². The molecule has 76 valence electrons. The number of benzene rings is 1. The second-order valence-electron chi connectivity index (χ2n) is 3.02. The molecular weight excluding hydrogens is 180 g/mol. The van der Waals surface area contributed by atoms with Crippen molar-refractivity contribution in [1.82, 2.24) is 0 Å². The molecule has 0 aliphatic rings. The van der Waals surface area contributed by atoms with Crippen LogP contribution < -0.4 is 0 Å². The van der Waals surface area contributed by atoms with Gasteiger partial charge in [-0.05, 0) is 30.5 Å². The van der Waals surface area contributed by atoms with E-state index in [1.54, 1.807) is 12.1 Å². The third-order valence-electron chi connectivity index (χ3n) is 2.00. The highest BCUT2D eigenvalue weighted by molar-refractivity contribution is 5.89. The summed E-state index contributed by atoms with van der Waals surface area (Å²) < 4.78 is 4.58. The largest absolute Gasteiger partial charge is 0.465 e. The van der Waals surface area contributed by atoms with Gasteiger partial charge in [0, 0.05) is 6.61 Å². The maximum atomic E-state index is 11.1. The lowest BCUT2D eigenvalue weighted by Gasteiger charge is -2.01. The average Bonchev–Trinajstić information content (AvgIpc) is 2.26. The van der Waals surface area contributed by atoms with Crippen molar-refractivity contribution >= 4 is 5.97 Å². The maximum Gasteiger partial charge on any atom is 0.337 e. The van der Waals surface area contributed by atoms with E-state index >= 15 is 0 Å². The zero-order chi connectivity index (χ0) is 10.4. The molecule has 0 atom stereocenters. The van der Waals surface area contributed by atoms with Crippen molar-refractivity contribution in [2.75, 3.05) is 13.7 Å². The van der Waals surface area contributed by atoms with E-state index in [4.69, 9.17) is 5.11 Å². The molecule has 0 aliphatic heterocycles. The topological polar surface area (TPSA) is 46.5 Å². The van der Waals surface area contributed by atoms with E-state index in [2.05, 4.69) is 4.74 Å². The van der Waals surface area contributed by atoms with Crippen LogP contribution in [-0.4, -0.2) is 24.8 Å². The monoisotopic (exact) mass is 194 g/mol. The van der Waals surface area contributed by atoms with Crippen LogP contribution in [-0.2, 0) is 11.2 Å². The molecule has 0 bridgehead atoms. The summed E-state index contributed by atoms with van der Waals surface area (Å²) in [4.78, 5) is 11.1. The van der Waals surface area contributed by atoms with Gasteiger partial charge < -0.3 is 9.84 Å². The van der Waals surface area contributed by atoms with E-state index in [-0.39, 0.29) is 12.6 Å². The van der Waals surface area contributed by atoms with Crippen molar-refractivity contribution in [2.24, 2.45) is 0 Å². The van der Waals surface area contributed by atoms with Gasteiger partial charge in [0.25, 0.3) is 0 Å². The van der Waals surface area contributed by atoms with Crippen LogP contribution in [0.15, 0.2) is 24.3 Å². The number of carbonyl (C=O) groups is 1. The Morgan fingerprint density at radius 3 is 2.50 bits per heavy atom. The molecule has 0 aliphatic carbocycles. The molecule has 0 amide bonds. The zero-order valence-corrected chi connectivity index (χ0v) is 8.19. The van der Waals surface area contributed by atoms with Gasteiger partial charge in [0.1, 0.15) is 0 Å². The molecule has 1 aromatic rings. The van der Waals surface area contributed by atoms with Gasteiger partial charge in [-0.1, -0.05) is 12.1 Å². The Morgan fingerprint density at radius 2 is 2.00 bits per heavy atom. The number of aryl methyl sites for hydroxylation is 1. The van der Waals surface area contributed by atoms with E-state index in [1.165, 1.54) is 7.11 Å². The van der Waals surface area contributed by atoms with Gasteiger partial charge in [-0.2, -0.15) is 0 Å². The number of hydrogen-bond acceptors (Lipinski definition) is 3. The molecule has 0 aromatic heterocycles. The molecule has 0 fully saturated rings. The zero-order valence-electron chi connectivity index (χ0n) is 8.19. The summed E-state index contributed by atoms with van der Waals surface area (Å²) in [5.74, 6) is -0.321. The summed E-state index contributed by atoms with van der Waals surface area (Å²) in [7, 11) is 1.36. The molecule has 1 N–H and O–H groups in total. The fourth-order valence-corrected chi connectivity index (χ4v) is 1.21. The Labute approximate surface area is 83.3 Å². The first-order valence-electron chi connectivity index (χ1n) is 4.56. The number of esters is 1. The van der Waals surface area contributed by atoms with E-state index in [0.29, 0.717) is 5.56 Å². The lowest BCUT2D eigenvalue weighted by Crippen LogP contribution is -2.01. The highest BCUT2D eigenvalue weighted by Gasteiger charge is 2.03. The van der Waals surface area contributed by atoms with E-state index < -0.39 is 0 Å². The van der Waals surface area contributed by atoms with Crippen molar-refractivity contribution in [3.05, 3.63) is 35.4 Å². The SMILES string of the molecule is COC(=O)c1ccc(CCCO)cc1. The number of methoxy groups -OCH3 is 1. The fourth-order valence-electron chi connectivity index (χ4n) is 1.21. The van der Waals surface area contributed by atoms with Crippen molar-refractivity contribution in [3.63, 3.8) is 0 Å². The fraction of sp³-hybridized carbons (Fsp3) is 0.364. The van der Waals surface area contributed by atoms with Gasteiger partial charge in [-0.3, -0.25) is 0 Å². The first-order valence-corrected chi connectivity index (χ1v) is 4.56. The Kier molecular flexibility index (Phi) is 4.13. The molecule has 0 spiro atoms. The van der Waals surface area contributed by atoms with Gasteiger partial charge in [0.05, 0.1) is 12.7 Å². The predicted molar refractivity (Wildman–Crippen MR) is 53.2 cm³/mol. The van der Waals surface area contributed by atoms with Gasteiger partial charge in [-0.15, -0.1) is 0 Å². The smallest absolute Gasteiger partial charge is 0.337 e. The van der Waals surface area contributed by atoms with Crippen LogP contribution in [0, 0.1) is 0 Å². The summed E-state index contributed by atoms with van der Waals surface area (Å²) in [6.45, 7) is 0.193. The molecule has 1 aromatic carbocycles. The number of hydrogen-bond donors (Lipinski definition) is 1. The second-order valence-corrected chi connectivity index (χ2v) is 3.02. The maximum absolute atomic E-state index is 11.1. The van der Waals surface area contributed by atoms with Crippen LogP contribution in [0.3, 0.4) is 0 Å². The van der Waals surface area contributed by atoms with Crippen LogP contribution in [0.25, 0.3) is 0 Å². The number of rotatable bonds is 4. The van der Waals surface area contributed by atoms with Crippen molar-refractivity contribution in [2.45, 2.75) is 12.8 Å². The summed E-state index contributed by atoms with van der Waals surface area (Å²) >= 11 is 0.